The summed E-state index contributed by atoms with van der Waals surface area (Å²) in [4.78, 5) is 11.4. The molecule has 0 amide bonds. The Morgan fingerprint density at radius 1 is 1.41 bits per heavy atom. The van der Waals surface area contributed by atoms with Gasteiger partial charge in [0.1, 0.15) is 0 Å². The standard InChI is InChI=1S/C14H20O3/c1-11(13(15)17-3)14(2,16)10-9-12-7-5-4-6-8-12/h4-8,11,16H,9-10H2,1-3H3. The number of carbonyl (C=O) groups is 1. The first-order valence-corrected chi connectivity index (χ1v) is 5.81. The summed E-state index contributed by atoms with van der Waals surface area (Å²) in [7, 11) is 1.34. The summed E-state index contributed by atoms with van der Waals surface area (Å²) in [6.07, 6.45) is 1.28. The number of benzene rings is 1. The molecule has 0 aliphatic carbocycles. The maximum Gasteiger partial charge on any atom is 0.311 e. The van der Waals surface area contributed by atoms with Crippen LogP contribution in [0.5, 0.6) is 0 Å². The summed E-state index contributed by atoms with van der Waals surface area (Å²) in [5.41, 5.74) is 0.119. The van der Waals surface area contributed by atoms with Crippen LogP contribution < -0.4 is 0 Å². The van der Waals surface area contributed by atoms with Crippen molar-refractivity contribution in [3.8, 4) is 0 Å². The first-order valence-electron chi connectivity index (χ1n) is 5.81. The van der Waals surface area contributed by atoms with E-state index in [2.05, 4.69) is 4.74 Å². The molecule has 1 aromatic carbocycles. The van der Waals surface area contributed by atoms with Crippen molar-refractivity contribution in [3.63, 3.8) is 0 Å². The molecule has 1 N–H and O–H groups in total. The van der Waals surface area contributed by atoms with Gasteiger partial charge >= 0.3 is 5.97 Å². The molecule has 0 saturated heterocycles. The number of methoxy groups -OCH3 is 1. The van der Waals surface area contributed by atoms with E-state index in [-0.39, 0.29) is 5.97 Å². The lowest BCUT2D eigenvalue weighted by Crippen LogP contribution is -2.38. The highest BCUT2D eigenvalue weighted by atomic mass is 16.5. The van der Waals surface area contributed by atoms with E-state index >= 15 is 0 Å². The van der Waals surface area contributed by atoms with E-state index in [0.29, 0.717) is 6.42 Å². The van der Waals surface area contributed by atoms with E-state index in [1.54, 1.807) is 13.8 Å². The van der Waals surface area contributed by atoms with Crippen molar-refractivity contribution in [1.29, 1.82) is 0 Å². The van der Waals surface area contributed by atoms with Crippen LogP contribution in [0.2, 0.25) is 0 Å². The second kappa shape index (κ2) is 5.82. The SMILES string of the molecule is COC(=O)C(C)C(C)(O)CCc1ccccc1. The first kappa shape index (κ1) is 13.7. The van der Waals surface area contributed by atoms with Crippen molar-refractivity contribution in [2.75, 3.05) is 7.11 Å². The van der Waals surface area contributed by atoms with Gasteiger partial charge in [-0.1, -0.05) is 30.3 Å². The van der Waals surface area contributed by atoms with E-state index in [4.69, 9.17) is 0 Å². The largest absolute Gasteiger partial charge is 0.469 e. The number of ether oxygens (including phenoxy) is 1. The molecule has 0 fully saturated rings. The van der Waals surface area contributed by atoms with Crippen LogP contribution in [0, 0.1) is 5.92 Å². The predicted molar refractivity (Wildman–Crippen MR) is 66.6 cm³/mol. The maximum absolute atomic E-state index is 11.4. The highest BCUT2D eigenvalue weighted by Crippen LogP contribution is 2.24. The Hall–Kier alpha value is -1.35. The fourth-order valence-corrected chi connectivity index (χ4v) is 1.69. The summed E-state index contributed by atoms with van der Waals surface area (Å²) in [5, 5.41) is 10.2. The molecule has 17 heavy (non-hydrogen) atoms. The minimum atomic E-state index is -1.04. The van der Waals surface area contributed by atoms with Crippen LogP contribution in [0.4, 0.5) is 0 Å². The minimum absolute atomic E-state index is 0.372. The van der Waals surface area contributed by atoms with Gasteiger partial charge in [-0.2, -0.15) is 0 Å². The Morgan fingerprint density at radius 2 is 2.00 bits per heavy atom. The fourth-order valence-electron chi connectivity index (χ4n) is 1.69. The van der Waals surface area contributed by atoms with Gasteiger partial charge in [0.15, 0.2) is 0 Å². The molecule has 0 saturated carbocycles. The highest BCUT2D eigenvalue weighted by molar-refractivity contribution is 5.73. The quantitative estimate of drug-likeness (QED) is 0.797. The number of aryl methyl sites for hydroxylation is 1. The zero-order valence-electron chi connectivity index (χ0n) is 10.6. The second-order valence-electron chi connectivity index (χ2n) is 4.59. The molecule has 2 unspecified atom stereocenters. The van der Waals surface area contributed by atoms with Gasteiger partial charge in [-0.3, -0.25) is 4.79 Å². The highest BCUT2D eigenvalue weighted by Gasteiger charge is 2.33. The molecule has 3 heteroatoms. The van der Waals surface area contributed by atoms with Crippen molar-refractivity contribution in [2.24, 2.45) is 5.92 Å². The number of hydrogen-bond acceptors (Lipinski definition) is 3. The van der Waals surface area contributed by atoms with Gasteiger partial charge in [0, 0.05) is 0 Å². The Morgan fingerprint density at radius 3 is 2.53 bits per heavy atom. The number of carbonyl (C=O) groups excluding carboxylic acids is 1. The molecule has 0 heterocycles. The lowest BCUT2D eigenvalue weighted by atomic mass is 9.85. The molecule has 0 radical (unpaired) electrons. The van der Waals surface area contributed by atoms with Crippen LogP contribution in [0.25, 0.3) is 0 Å². The summed E-state index contributed by atoms with van der Waals surface area (Å²) >= 11 is 0. The summed E-state index contributed by atoms with van der Waals surface area (Å²) in [6.45, 7) is 3.37. The second-order valence-corrected chi connectivity index (χ2v) is 4.59. The number of aliphatic hydroxyl groups is 1. The number of hydrogen-bond donors (Lipinski definition) is 1. The van der Waals surface area contributed by atoms with Crippen molar-refractivity contribution in [3.05, 3.63) is 35.9 Å². The predicted octanol–water partition coefficient (Wildman–Crippen LogP) is 2.18. The molecule has 1 aromatic rings. The van der Waals surface area contributed by atoms with E-state index in [9.17, 15) is 9.90 Å². The van der Waals surface area contributed by atoms with E-state index in [1.807, 2.05) is 30.3 Å². The Kier molecular flexibility index (Phi) is 4.70. The van der Waals surface area contributed by atoms with Crippen LogP contribution in [0.1, 0.15) is 25.8 Å². The molecule has 3 nitrogen and oxygen atoms in total. The molecule has 0 aromatic heterocycles. The Balaban J connectivity index is 2.58. The van der Waals surface area contributed by atoms with Crippen molar-refractivity contribution in [2.45, 2.75) is 32.3 Å². The first-order chi connectivity index (χ1) is 7.97. The number of esters is 1. The van der Waals surface area contributed by atoms with Crippen LogP contribution in [-0.2, 0) is 16.0 Å². The zero-order chi connectivity index (χ0) is 12.9. The van der Waals surface area contributed by atoms with Gasteiger partial charge in [-0.25, -0.2) is 0 Å². The van der Waals surface area contributed by atoms with E-state index in [0.717, 1.165) is 12.0 Å². The lowest BCUT2D eigenvalue weighted by molar-refractivity contribution is -0.153. The van der Waals surface area contributed by atoms with Crippen LogP contribution in [0.3, 0.4) is 0 Å². The van der Waals surface area contributed by atoms with Crippen molar-refractivity contribution >= 4 is 5.97 Å². The molecular formula is C14H20O3. The van der Waals surface area contributed by atoms with Gasteiger partial charge in [-0.15, -0.1) is 0 Å². The van der Waals surface area contributed by atoms with Crippen LogP contribution in [0.15, 0.2) is 30.3 Å². The van der Waals surface area contributed by atoms with E-state index < -0.39 is 11.5 Å². The molecule has 94 valence electrons. The minimum Gasteiger partial charge on any atom is -0.469 e. The van der Waals surface area contributed by atoms with Crippen LogP contribution >= 0.6 is 0 Å². The summed E-state index contributed by atoms with van der Waals surface area (Å²) < 4.78 is 4.65. The molecule has 2 atom stereocenters. The zero-order valence-corrected chi connectivity index (χ0v) is 10.6. The van der Waals surface area contributed by atoms with Crippen molar-refractivity contribution in [1.82, 2.24) is 0 Å². The third-order valence-corrected chi connectivity index (χ3v) is 3.25. The maximum atomic E-state index is 11.4. The smallest absolute Gasteiger partial charge is 0.311 e. The topological polar surface area (TPSA) is 46.5 Å². The van der Waals surface area contributed by atoms with Gasteiger partial charge in [0.05, 0.1) is 18.6 Å². The molecule has 0 aliphatic rings. The molecule has 0 bridgehead atoms. The third kappa shape index (κ3) is 3.86. The van der Waals surface area contributed by atoms with Crippen LogP contribution in [-0.4, -0.2) is 23.8 Å². The fraction of sp³-hybridized carbons (Fsp3) is 0.500. The average Bonchev–Trinajstić information content (AvgIpc) is 2.36. The third-order valence-electron chi connectivity index (χ3n) is 3.25. The molecule has 0 spiro atoms. The molecule has 0 aliphatic heterocycles. The Bertz CT molecular complexity index is 357. The Labute approximate surface area is 102 Å². The van der Waals surface area contributed by atoms with Gasteiger partial charge in [0.2, 0.25) is 0 Å². The summed E-state index contributed by atoms with van der Waals surface area (Å²) in [6, 6.07) is 9.91. The normalized spacial score (nSPS) is 16.0. The van der Waals surface area contributed by atoms with Gasteiger partial charge in [-0.05, 0) is 32.3 Å². The van der Waals surface area contributed by atoms with Crippen molar-refractivity contribution < 1.29 is 14.6 Å². The van der Waals surface area contributed by atoms with Gasteiger partial charge in [0.25, 0.3) is 0 Å². The lowest BCUT2D eigenvalue weighted by Gasteiger charge is -2.28. The molecular weight excluding hydrogens is 216 g/mol. The number of rotatable bonds is 5. The molecule has 1 rings (SSSR count). The van der Waals surface area contributed by atoms with E-state index in [1.165, 1.54) is 7.11 Å². The average molecular weight is 236 g/mol. The summed E-state index contributed by atoms with van der Waals surface area (Å²) in [5.74, 6) is -0.890. The van der Waals surface area contributed by atoms with Gasteiger partial charge < -0.3 is 9.84 Å². The monoisotopic (exact) mass is 236 g/mol.